The molecule has 0 saturated carbocycles. The topological polar surface area (TPSA) is 55.6 Å². The first-order chi connectivity index (χ1) is 13.0. The molecule has 0 radical (unpaired) electrons. The van der Waals surface area contributed by atoms with Crippen LogP contribution in [0.3, 0.4) is 0 Å². The molecule has 4 rings (SSSR count). The number of thiazole rings is 1. The lowest BCUT2D eigenvalue weighted by molar-refractivity contribution is 0.102. The molecular weight excluding hydrogens is 405 g/mol. The second-order valence-corrected chi connectivity index (χ2v) is 7.41. The lowest BCUT2D eigenvalue weighted by Gasteiger charge is -2.10. The SMILES string of the molecule is COc1c(Cl)cc(C(=O)Nc2ccc(-c3cn4ccsc4n3)cc2)cc1Cl. The summed E-state index contributed by atoms with van der Waals surface area (Å²) in [6, 6.07) is 10.5. The highest BCUT2D eigenvalue weighted by atomic mass is 35.5. The summed E-state index contributed by atoms with van der Waals surface area (Å²) in [5, 5.41) is 5.38. The van der Waals surface area contributed by atoms with Crippen molar-refractivity contribution in [2.45, 2.75) is 0 Å². The fourth-order valence-corrected chi connectivity index (χ4v) is 4.02. The number of anilines is 1. The highest BCUT2D eigenvalue weighted by molar-refractivity contribution is 7.15. The zero-order valence-electron chi connectivity index (χ0n) is 14.1. The van der Waals surface area contributed by atoms with Gasteiger partial charge < -0.3 is 10.1 Å². The van der Waals surface area contributed by atoms with Crippen molar-refractivity contribution in [2.24, 2.45) is 0 Å². The molecule has 2 heterocycles. The Bertz CT molecular complexity index is 1080. The largest absolute Gasteiger partial charge is 0.494 e. The number of nitrogens with zero attached hydrogens (tertiary/aromatic N) is 2. The average Bonchev–Trinajstić information content (AvgIpc) is 3.24. The van der Waals surface area contributed by atoms with E-state index < -0.39 is 0 Å². The molecule has 0 fully saturated rings. The summed E-state index contributed by atoms with van der Waals surface area (Å²) in [5.74, 6) is 0.0379. The third-order valence-electron chi connectivity index (χ3n) is 4.00. The number of halogens is 2. The van der Waals surface area contributed by atoms with Crippen molar-refractivity contribution in [2.75, 3.05) is 12.4 Å². The van der Waals surface area contributed by atoms with Gasteiger partial charge in [0.2, 0.25) is 0 Å². The van der Waals surface area contributed by atoms with E-state index in [0.29, 0.717) is 17.0 Å². The van der Waals surface area contributed by atoms with E-state index in [1.54, 1.807) is 11.3 Å². The normalized spacial score (nSPS) is 10.9. The van der Waals surface area contributed by atoms with Gasteiger partial charge in [0.15, 0.2) is 10.7 Å². The summed E-state index contributed by atoms with van der Waals surface area (Å²) in [6.45, 7) is 0. The predicted octanol–water partition coefficient (Wildman–Crippen LogP) is 5.63. The van der Waals surface area contributed by atoms with Crippen LogP contribution in [0.25, 0.3) is 16.2 Å². The third kappa shape index (κ3) is 3.51. The molecule has 136 valence electrons. The van der Waals surface area contributed by atoms with Crippen LogP contribution in [-0.4, -0.2) is 22.4 Å². The molecule has 0 aliphatic carbocycles. The first kappa shape index (κ1) is 17.9. The van der Waals surface area contributed by atoms with Crippen LogP contribution >= 0.6 is 34.5 Å². The van der Waals surface area contributed by atoms with E-state index in [9.17, 15) is 4.79 Å². The van der Waals surface area contributed by atoms with E-state index in [4.69, 9.17) is 27.9 Å². The van der Waals surface area contributed by atoms with Crippen molar-refractivity contribution in [3.63, 3.8) is 0 Å². The number of imidazole rings is 1. The molecule has 0 unspecified atom stereocenters. The standard InChI is InChI=1S/C19H13Cl2N3O2S/c1-26-17-14(20)8-12(9-15(17)21)18(25)22-13-4-2-11(3-5-13)16-10-24-6-7-27-19(24)23-16/h2-10H,1H3,(H,22,25). The Balaban J connectivity index is 1.53. The fraction of sp³-hybridized carbons (Fsp3) is 0.0526. The van der Waals surface area contributed by atoms with Crippen LogP contribution in [0.5, 0.6) is 5.75 Å². The number of carbonyl (C=O) groups excluding carboxylic acids is 1. The molecule has 0 spiro atoms. The maximum absolute atomic E-state index is 12.5. The number of fused-ring (bicyclic) bond motifs is 1. The van der Waals surface area contributed by atoms with Gasteiger partial charge in [0.05, 0.1) is 22.8 Å². The monoisotopic (exact) mass is 417 g/mol. The lowest BCUT2D eigenvalue weighted by Crippen LogP contribution is -2.12. The van der Waals surface area contributed by atoms with Gasteiger partial charge >= 0.3 is 0 Å². The maximum Gasteiger partial charge on any atom is 0.255 e. The maximum atomic E-state index is 12.5. The smallest absolute Gasteiger partial charge is 0.255 e. The van der Waals surface area contributed by atoms with Crippen molar-refractivity contribution in [1.29, 1.82) is 0 Å². The first-order valence-corrected chi connectivity index (χ1v) is 9.56. The molecule has 0 atom stereocenters. The van der Waals surface area contributed by atoms with Gasteiger partial charge in [0, 0.05) is 34.6 Å². The second kappa shape index (κ2) is 7.23. The zero-order valence-corrected chi connectivity index (χ0v) is 16.4. The Morgan fingerprint density at radius 3 is 2.52 bits per heavy atom. The Labute approximate surface area is 169 Å². The number of ether oxygens (including phenoxy) is 1. The van der Waals surface area contributed by atoms with Gasteiger partial charge in [0.25, 0.3) is 5.91 Å². The van der Waals surface area contributed by atoms with E-state index >= 15 is 0 Å². The predicted molar refractivity (Wildman–Crippen MR) is 109 cm³/mol. The van der Waals surface area contributed by atoms with Crippen LogP contribution in [0.1, 0.15) is 10.4 Å². The lowest BCUT2D eigenvalue weighted by atomic mass is 10.1. The van der Waals surface area contributed by atoms with Crippen LogP contribution in [0.15, 0.2) is 54.2 Å². The summed E-state index contributed by atoms with van der Waals surface area (Å²) in [6.07, 6.45) is 3.94. The summed E-state index contributed by atoms with van der Waals surface area (Å²) in [5.41, 5.74) is 2.87. The van der Waals surface area contributed by atoms with E-state index in [0.717, 1.165) is 16.2 Å². The molecule has 27 heavy (non-hydrogen) atoms. The number of hydrogen-bond acceptors (Lipinski definition) is 4. The van der Waals surface area contributed by atoms with Crippen molar-refractivity contribution in [1.82, 2.24) is 9.38 Å². The second-order valence-electron chi connectivity index (χ2n) is 5.72. The number of nitrogens with one attached hydrogen (secondary N) is 1. The fourth-order valence-electron chi connectivity index (χ4n) is 2.68. The van der Waals surface area contributed by atoms with Crippen LogP contribution in [0.2, 0.25) is 10.0 Å². The van der Waals surface area contributed by atoms with E-state index in [2.05, 4.69) is 10.3 Å². The number of amides is 1. The highest BCUT2D eigenvalue weighted by Crippen LogP contribution is 2.34. The van der Waals surface area contributed by atoms with Crippen molar-refractivity contribution >= 4 is 51.1 Å². The number of aromatic nitrogens is 2. The molecule has 2 aromatic heterocycles. The van der Waals surface area contributed by atoms with Gasteiger partial charge in [-0.25, -0.2) is 4.98 Å². The number of hydrogen-bond donors (Lipinski definition) is 1. The van der Waals surface area contributed by atoms with Crippen molar-refractivity contribution < 1.29 is 9.53 Å². The molecule has 0 aliphatic rings. The molecule has 0 saturated heterocycles. The van der Waals surface area contributed by atoms with Gasteiger partial charge in [0.1, 0.15) is 0 Å². The molecular formula is C19H13Cl2N3O2S. The molecule has 1 N–H and O–H groups in total. The molecule has 4 aromatic rings. The molecule has 0 bridgehead atoms. The van der Waals surface area contributed by atoms with Gasteiger partial charge in [-0.15, -0.1) is 11.3 Å². The third-order valence-corrected chi connectivity index (χ3v) is 5.33. The van der Waals surface area contributed by atoms with Crippen LogP contribution in [-0.2, 0) is 0 Å². The number of carbonyl (C=O) groups is 1. The number of benzene rings is 2. The molecule has 1 amide bonds. The van der Waals surface area contributed by atoms with E-state index in [1.807, 2.05) is 46.4 Å². The van der Waals surface area contributed by atoms with Crippen molar-refractivity contribution in [3.05, 3.63) is 69.8 Å². The van der Waals surface area contributed by atoms with Gasteiger partial charge in [-0.2, -0.15) is 0 Å². The van der Waals surface area contributed by atoms with Gasteiger partial charge in [-0.1, -0.05) is 35.3 Å². The van der Waals surface area contributed by atoms with Crippen LogP contribution in [0.4, 0.5) is 5.69 Å². The van der Waals surface area contributed by atoms with Crippen LogP contribution < -0.4 is 10.1 Å². The minimum Gasteiger partial charge on any atom is -0.494 e. The first-order valence-electron chi connectivity index (χ1n) is 7.92. The Morgan fingerprint density at radius 2 is 1.89 bits per heavy atom. The summed E-state index contributed by atoms with van der Waals surface area (Å²) >= 11 is 13.8. The minimum atomic E-state index is -0.309. The Hall–Kier alpha value is -2.54. The zero-order chi connectivity index (χ0) is 19.0. The molecule has 2 aromatic carbocycles. The summed E-state index contributed by atoms with van der Waals surface area (Å²) < 4.78 is 7.08. The minimum absolute atomic E-state index is 0.283. The van der Waals surface area contributed by atoms with Gasteiger partial charge in [-0.05, 0) is 24.3 Å². The molecule has 0 aliphatic heterocycles. The van der Waals surface area contributed by atoms with E-state index in [-0.39, 0.29) is 16.0 Å². The molecule has 8 heteroatoms. The highest BCUT2D eigenvalue weighted by Gasteiger charge is 2.14. The van der Waals surface area contributed by atoms with Crippen molar-refractivity contribution in [3.8, 4) is 17.0 Å². The number of rotatable bonds is 4. The molecule has 5 nitrogen and oxygen atoms in total. The van der Waals surface area contributed by atoms with Crippen LogP contribution in [0, 0.1) is 0 Å². The average molecular weight is 418 g/mol. The van der Waals surface area contributed by atoms with E-state index in [1.165, 1.54) is 19.2 Å². The number of methoxy groups -OCH3 is 1. The Morgan fingerprint density at radius 1 is 1.19 bits per heavy atom. The Kier molecular flexibility index (Phi) is 4.78. The summed E-state index contributed by atoms with van der Waals surface area (Å²) in [4.78, 5) is 18.0. The summed E-state index contributed by atoms with van der Waals surface area (Å²) in [7, 11) is 1.47. The van der Waals surface area contributed by atoms with Gasteiger partial charge in [-0.3, -0.25) is 9.20 Å². The quantitative estimate of drug-likeness (QED) is 0.467.